The van der Waals surface area contributed by atoms with Crippen molar-refractivity contribution >= 4 is 38.7 Å². The number of carbonyl (C=O) groups is 2. The molecule has 1 saturated heterocycles. The minimum atomic E-state index is -3.55. The number of fused-ring (bicyclic) bond motifs is 3. The summed E-state index contributed by atoms with van der Waals surface area (Å²) >= 11 is 0. The van der Waals surface area contributed by atoms with Gasteiger partial charge in [0, 0.05) is 48.4 Å². The van der Waals surface area contributed by atoms with Gasteiger partial charge in [-0.3, -0.25) is 0 Å². The largest absolute Gasteiger partial charge is 0.444 e. The van der Waals surface area contributed by atoms with Gasteiger partial charge in [-0.15, -0.1) is 0 Å². The first kappa shape index (κ1) is 23.4. The third kappa shape index (κ3) is 4.66. The lowest BCUT2D eigenvalue weighted by Gasteiger charge is -2.30. The lowest BCUT2D eigenvalue weighted by Crippen LogP contribution is -2.40. The first-order valence-electron chi connectivity index (χ1n) is 11.4. The van der Waals surface area contributed by atoms with Gasteiger partial charge in [-0.05, 0) is 58.7 Å². The first-order valence-corrected chi connectivity index (χ1v) is 13.0. The maximum absolute atomic E-state index is 13.0. The number of nitrogens with one attached hydrogen (secondary N) is 1. The molecule has 33 heavy (non-hydrogen) atoms. The standard InChI is InChI=1S/C23H32N4O5S/c1-5-33(30,31)27-19-9-8-16(24-21(28)25-11-6-7-12-25)14-17(19)18-15-26(13-10-20(18)27)22(29)32-23(2,3)4/h8-9,14H,5-7,10-13,15H2,1-4H3,(H,24,28). The van der Waals surface area contributed by atoms with Gasteiger partial charge < -0.3 is 19.9 Å². The van der Waals surface area contributed by atoms with E-state index in [1.54, 1.807) is 28.9 Å². The van der Waals surface area contributed by atoms with E-state index in [9.17, 15) is 18.0 Å². The summed E-state index contributed by atoms with van der Waals surface area (Å²) in [6.07, 6.45) is 1.97. The van der Waals surface area contributed by atoms with E-state index < -0.39 is 21.7 Å². The monoisotopic (exact) mass is 476 g/mol. The van der Waals surface area contributed by atoms with Crippen LogP contribution >= 0.6 is 0 Å². The molecule has 0 atom stereocenters. The maximum atomic E-state index is 13.0. The van der Waals surface area contributed by atoms with Crippen LogP contribution < -0.4 is 5.32 Å². The number of nitrogens with zero attached hydrogens (tertiary/aromatic N) is 3. The summed E-state index contributed by atoms with van der Waals surface area (Å²) in [5, 5.41) is 3.65. The van der Waals surface area contributed by atoms with E-state index in [-0.39, 0.29) is 18.3 Å². The zero-order valence-corrected chi connectivity index (χ0v) is 20.5. The van der Waals surface area contributed by atoms with Crippen LogP contribution in [0.3, 0.4) is 0 Å². The number of rotatable bonds is 3. The van der Waals surface area contributed by atoms with Gasteiger partial charge in [-0.2, -0.15) is 0 Å². The lowest BCUT2D eigenvalue weighted by molar-refractivity contribution is 0.0224. The van der Waals surface area contributed by atoms with Gasteiger partial charge in [0.2, 0.25) is 10.0 Å². The van der Waals surface area contributed by atoms with E-state index in [1.807, 2.05) is 26.8 Å². The molecule has 3 amide bonds. The highest BCUT2D eigenvalue weighted by Gasteiger charge is 2.32. The number of anilines is 1. The Hall–Kier alpha value is -2.75. The van der Waals surface area contributed by atoms with E-state index in [1.165, 1.54) is 3.97 Å². The van der Waals surface area contributed by atoms with E-state index >= 15 is 0 Å². The summed E-state index contributed by atoms with van der Waals surface area (Å²) in [4.78, 5) is 28.6. The molecule has 10 heteroatoms. The van der Waals surface area contributed by atoms with E-state index in [2.05, 4.69) is 5.32 Å². The van der Waals surface area contributed by atoms with Crippen LogP contribution in [0.25, 0.3) is 10.9 Å². The molecule has 0 unspecified atom stereocenters. The average molecular weight is 477 g/mol. The van der Waals surface area contributed by atoms with Crippen molar-refractivity contribution in [2.45, 2.75) is 59.1 Å². The summed E-state index contributed by atoms with van der Waals surface area (Å²) in [7, 11) is -3.55. The molecule has 2 aromatic rings. The van der Waals surface area contributed by atoms with Crippen molar-refractivity contribution in [3.8, 4) is 0 Å². The predicted molar refractivity (Wildman–Crippen MR) is 127 cm³/mol. The Morgan fingerprint density at radius 2 is 1.79 bits per heavy atom. The summed E-state index contributed by atoms with van der Waals surface area (Å²) in [5.41, 5.74) is 2.00. The van der Waals surface area contributed by atoms with Gasteiger partial charge in [0.1, 0.15) is 5.60 Å². The Morgan fingerprint density at radius 1 is 1.09 bits per heavy atom. The summed E-state index contributed by atoms with van der Waals surface area (Å²) in [6, 6.07) is 5.12. The topological polar surface area (TPSA) is 101 Å². The van der Waals surface area contributed by atoms with Crippen LogP contribution in [0, 0.1) is 0 Å². The molecule has 4 rings (SSSR count). The zero-order valence-electron chi connectivity index (χ0n) is 19.7. The molecule has 2 aliphatic heterocycles. The van der Waals surface area contributed by atoms with Crippen LogP contribution in [-0.4, -0.2) is 65.3 Å². The number of hydrogen-bond acceptors (Lipinski definition) is 5. The third-order valence-corrected chi connectivity index (χ3v) is 7.74. The van der Waals surface area contributed by atoms with Gasteiger partial charge >= 0.3 is 12.1 Å². The molecule has 3 heterocycles. The molecule has 1 aromatic carbocycles. The minimum absolute atomic E-state index is 0.0353. The van der Waals surface area contributed by atoms with Gasteiger partial charge in [-0.25, -0.2) is 22.0 Å². The molecule has 0 radical (unpaired) electrons. The van der Waals surface area contributed by atoms with Crippen molar-refractivity contribution in [2.75, 3.05) is 30.7 Å². The van der Waals surface area contributed by atoms with Crippen LogP contribution in [0.1, 0.15) is 51.8 Å². The van der Waals surface area contributed by atoms with E-state index in [4.69, 9.17) is 4.74 Å². The van der Waals surface area contributed by atoms with Crippen LogP contribution in [-0.2, 0) is 27.7 Å². The Kier molecular flexibility index (Phi) is 6.07. The maximum Gasteiger partial charge on any atom is 0.410 e. The Bertz CT molecular complexity index is 1190. The van der Waals surface area contributed by atoms with Crippen molar-refractivity contribution in [1.29, 1.82) is 0 Å². The Labute approximate surface area is 194 Å². The van der Waals surface area contributed by atoms with Crippen LogP contribution in [0.4, 0.5) is 15.3 Å². The van der Waals surface area contributed by atoms with Crippen molar-refractivity contribution in [3.63, 3.8) is 0 Å². The second-order valence-electron chi connectivity index (χ2n) is 9.60. The van der Waals surface area contributed by atoms with Crippen molar-refractivity contribution in [2.24, 2.45) is 0 Å². The molecule has 0 saturated carbocycles. The van der Waals surface area contributed by atoms with Crippen LogP contribution in [0.2, 0.25) is 0 Å². The molecule has 0 aliphatic carbocycles. The van der Waals surface area contributed by atoms with Gasteiger partial charge in [0.25, 0.3) is 0 Å². The Morgan fingerprint density at radius 3 is 2.42 bits per heavy atom. The van der Waals surface area contributed by atoms with Crippen LogP contribution in [0.5, 0.6) is 0 Å². The molecule has 0 bridgehead atoms. The molecular weight excluding hydrogens is 444 g/mol. The molecule has 1 aromatic heterocycles. The zero-order chi connectivity index (χ0) is 24.0. The van der Waals surface area contributed by atoms with Crippen molar-refractivity contribution in [3.05, 3.63) is 29.5 Å². The van der Waals surface area contributed by atoms with Gasteiger partial charge in [-0.1, -0.05) is 0 Å². The molecule has 180 valence electrons. The number of urea groups is 1. The number of amides is 3. The van der Waals surface area contributed by atoms with Crippen molar-refractivity contribution < 1.29 is 22.7 Å². The van der Waals surface area contributed by atoms with E-state index in [0.717, 1.165) is 36.9 Å². The number of carbonyl (C=O) groups excluding carboxylic acids is 2. The SMILES string of the molecule is CCS(=O)(=O)n1c2c(c3cc(NC(=O)N4CCCC4)ccc31)CN(C(=O)OC(C)(C)C)CC2. The van der Waals surface area contributed by atoms with Crippen LogP contribution in [0.15, 0.2) is 18.2 Å². The number of ether oxygens (including phenoxy) is 1. The van der Waals surface area contributed by atoms with E-state index in [0.29, 0.717) is 29.9 Å². The molecule has 1 N–H and O–H groups in total. The highest BCUT2D eigenvalue weighted by atomic mass is 32.2. The fourth-order valence-corrected chi connectivity index (χ4v) is 5.70. The summed E-state index contributed by atoms with van der Waals surface area (Å²) < 4.78 is 32.9. The molecule has 9 nitrogen and oxygen atoms in total. The predicted octanol–water partition coefficient (Wildman–Crippen LogP) is 3.76. The molecule has 0 spiro atoms. The number of likely N-dealkylation sites (tertiary alicyclic amines) is 1. The normalized spacial score (nSPS) is 16.7. The fraction of sp³-hybridized carbons (Fsp3) is 0.565. The minimum Gasteiger partial charge on any atom is -0.444 e. The third-order valence-electron chi connectivity index (χ3n) is 6.04. The highest BCUT2D eigenvalue weighted by Crippen LogP contribution is 2.34. The quantitative estimate of drug-likeness (QED) is 0.727. The number of aromatic nitrogens is 1. The lowest BCUT2D eigenvalue weighted by atomic mass is 10.0. The second kappa shape index (κ2) is 8.55. The van der Waals surface area contributed by atoms with Crippen molar-refractivity contribution in [1.82, 2.24) is 13.8 Å². The average Bonchev–Trinajstić information content (AvgIpc) is 3.38. The van der Waals surface area contributed by atoms with Gasteiger partial charge in [0.15, 0.2) is 0 Å². The fourth-order valence-electron chi connectivity index (χ4n) is 4.45. The smallest absolute Gasteiger partial charge is 0.410 e. The number of benzene rings is 1. The Balaban J connectivity index is 1.74. The van der Waals surface area contributed by atoms with Gasteiger partial charge in [0.05, 0.1) is 17.8 Å². The summed E-state index contributed by atoms with van der Waals surface area (Å²) in [5.74, 6) is -0.0353. The second-order valence-corrected chi connectivity index (χ2v) is 11.7. The molecule has 2 aliphatic rings. The first-order chi connectivity index (χ1) is 15.5. The molecular formula is C23H32N4O5S. The molecule has 1 fully saturated rings. The highest BCUT2D eigenvalue weighted by molar-refractivity contribution is 7.90. The summed E-state index contributed by atoms with van der Waals surface area (Å²) in [6.45, 7) is 9.15. The number of hydrogen-bond donors (Lipinski definition) is 1.